The Balaban J connectivity index is 3.27. The summed E-state index contributed by atoms with van der Waals surface area (Å²) in [5.74, 6) is -7.74. The fourth-order valence-electron chi connectivity index (χ4n) is 0.951. The standard InChI is InChI=1S/C6H5Cl4NO2P2/c7-14(8,12)11(15(9,10)13)6-4-2-1-3-5-6/h1-5H. The van der Waals surface area contributed by atoms with Gasteiger partial charge < -0.3 is 0 Å². The maximum Gasteiger partial charge on any atom is 0.352 e. The molecule has 0 aliphatic carbocycles. The maximum absolute atomic E-state index is 11.5. The molecule has 0 aliphatic heterocycles. The lowest BCUT2D eigenvalue weighted by atomic mass is 10.3. The first-order chi connectivity index (χ1) is 6.73. The van der Waals surface area contributed by atoms with Gasteiger partial charge in [-0.2, -0.15) is 0 Å². The number of rotatable bonds is 3. The van der Waals surface area contributed by atoms with Crippen LogP contribution in [0.2, 0.25) is 0 Å². The minimum absolute atomic E-state index is 0.235. The normalized spacial score (nSPS) is 12.5. The highest BCUT2D eigenvalue weighted by molar-refractivity contribution is 8.22. The molecule has 0 unspecified atom stereocenters. The molecule has 3 nitrogen and oxygen atoms in total. The van der Waals surface area contributed by atoms with Crippen molar-refractivity contribution in [1.82, 2.24) is 0 Å². The van der Waals surface area contributed by atoms with Gasteiger partial charge in [0.15, 0.2) is 0 Å². The smallest absolute Gasteiger partial charge is 0.264 e. The molecule has 0 saturated heterocycles. The molecule has 0 aliphatic rings. The number of halogens is 4. The van der Waals surface area contributed by atoms with Crippen molar-refractivity contribution in [1.29, 1.82) is 0 Å². The molecule has 1 aromatic rings. The molecule has 0 spiro atoms. The zero-order valence-corrected chi connectivity index (χ0v) is 11.9. The summed E-state index contributed by atoms with van der Waals surface area (Å²) in [5.41, 5.74) is 0.235. The molecule has 0 radical (unpaired) electrons. The van der Waals surface area contributed by atoms with Crippen LogP contribution in [-0.2, 0) is 9.13 Å². The van der Waals surface area contributed by atoms with Crippen molar-refractivity contribution in [2.24, 2.45) is 0 Å². The average Bonchev–Trinajstić information content (AvgIpc) is 2.00. The van der Waals surface area contributed by atoms with Crippen LogP contribution in [0.1, 0.15) is 0 Å². The second kappa shape index (κ2) is 4.87. The van der Waals surface area contributed by atoms with Crippen molar-refractivity contribution in [3.05, 3.63) is 30.3 Å². The highest BCUT2D eigenvalue weighted by Gasteiger charge is 2.38. The van der Waals surface area contributed by atoms with E-state index in [2.05, 4.69) is 0 Å². The zero-order valence-electron chi connectivity index (χ0n) is 7.06. The largest absolute Gasteiger partial charge is 0.352 e. The van der Waals surface area contributed by atoms with E-state index in [1.807, 2.05) is 0 Å². The van der Waals surface area contributed by atoms with E-state index < -0.39 is 12.0 Å². The summed E-state index contributed by atoms with van der Waals surface area (Å²) in [5, 5.41) is 0. The SMILES string of the molecule is O=P(Cl)(Cl)N(c1ccccc1)P(=O)(Cl)Cl. The van der Waals surface area contributed by atoms with Gasteiger partial charge in [0.05, 0.1) is 5.69 Å². The third kappa shape index (κ3) is 3.85. The lowest BCUT2D eigenvalue weighted by Gasteiger charge is -2.24. The Morgan fingerprint density at radius 1 is 0.867 bits per heavy atom. The molecule has 0 heterocycles. The zero-order chi connectivity index (χ0) is 11.7. The molecule has 1 aromatic carbocycles. The van der Waals surface area contributed by atoms with Crippen molar-refractivity contribution in [2.45, 2.75) is 0 Å². The van der Waals surface area contributed by atoms with Gasteiger partial charge in [0.25, 0.3) is 0 Å². The molecule has 0 fully saturated rings. The molecule has 0 amide bonds. The van der Waals surface area contributed by atoms with Crippen LogP contribution >= 0.6 is 57.0 Å². The van der Waals surface area contributed by atoms with Crippen molar-refractivity contribution < 1.29 is 9.13 Å². The molecule has 84 valence electrons. The van der Waals surface area contributed by atoms with Gasteiger partial charge in [-0.3, -0.25) is 9.13 Å². The summed E-state index contributed by atoms with van der Waals surface area (Å²) in [6, 6.07) is 7.94. The first-order valence-electron chi connectivity index (χ1n) is 3.58. The van der Waals surface area contributed by atoms with E-state index in [9.17, 15) is 9.13 Å². The molecule has 1 rings (SSSR count). The minimum atomic E-state index is -3.87. The molecule has 15 heavy (non-hydrogen) atoms. The lowest BCUT2D eigenvalue weighted by molar-refractivity contribution is 0.586. The summed E-state index contributed by atoms with van der Waals surface area (Å²) < 4.78 is 23.6. The van der Waals surface area contributed by atoms with Crippen LogP contribution in [0.3, 0.4) is 0 Å². The van der Waals surface area contributed by atoms with Crippen LogP contribution < -0.4 is 4.44 Å². The number of anilines is 1. The van der Waals surface area contributed by atoms with E-state index in [0.717, 1.165) is 0 Å². The van der Waals surface area contributed by atoms with E-state index in [1.54, 1.807) is 18.2 Å². The van der Waals surface area contributed by atoms with Gasteiger partial charge in [-0.05, 0) is 57.1 Å². The number of para-hydroxylation sites is 1. The van der Waals surface area contributed by atoms with Crippen LogP contribution in [0, 0.1) is 0 Å². The second-order valence-corrected chi connectivity index (χ2v) is 11.9. The maximum atomic E-state index is 11.5. The van der Waals surface area contributed by atoms with Gasteiger partial charge in [-0.25, -0.2) is 4.44 Å². The summed E-state index contributed by atoms with van der Waals surface area (Å²) in [7, 11) is 0. The van der Waals surface area contributed by atoms with E-state index in [0.29, 0.717) is 4.44 Å². The molecular weight excluding hydrogens is 322 g/mol. The average molecular weight is 327 g/mol. The number of hydrogen-bond donors (Lipinski definition) is 0. The van der Waals surface area contributed by atoms with Crippen molar-refractivity contribution in [2.75, 3.05) is 4.44 Å². The number of nitrogens with zero attached hydrogens (tertiary/aromatic N) is 1. The Morgan fingerprint density at radius 3 is 1.60 bits per heavy atom. The van der Waals surface area contributed by atoms with E-state index in [4.69, 9.17) is 45.0 Å². The van der Waals surface area contributed by atoms with E-state index >= 15 is 0 Å². The Labute approximate surface area is 106 Å². The Morgan fingerprint density at radius 2 is 1.27 bits per heavy atom. The molecular formula is C6H5Cl4NO2P2. The van der Waals surface area contributed by atoms with Gasteiger partial charge in [-0.1, -0.05) is 18.2 Å². The molecule has 0 N–H and O–H groups in total. The summed E-state index contributed by atoms with van der Waals surface area (Å²) >= 11 is 21.7. The first kappa shape index (κ1) is 13.7. The van der Waals surface area contributed by atoms with Crippen LogP contribution in [0.15, 0.2) is 30.3 Å². The highest BCUT2D eigenvalue weighted by atomic mass is 35.9. The fraction of sp³-hybridized carbons (Fsp3) is 0. The summed E-state index contributed by atoms with van der Waals surface area (Å²) in [6.07, 6.45) is 0. The third-order valence-corrected chi connectivity index (χ3v) is 7.36. The molecule has 9 heteroatoms. The molecule has 0 saturated carbocycles. The summed E-state index contributed by atoms with van der Waals surface area (Å²) in [6.45, 7) is 0. The second-order valence-electron chi connectivity index (χ2n) is 2.49. The fourth-order valence-corrected chi connectivity index (χ4v) is 8.45. The van der Waals surface area contributed by atoms with Crippen molar-refractivity contribution in [3.8, 4) is 0 Å². The van der Waals surface area contributed by atoms with Crippen LogP contribution in [0.5, 0.6) is 0 Å². The van der Waals surface area contributed by atoms with E-state index in [1.165, 1.54) is 12.1 Å². The molecule has 0 aromatic heterocycles. The van der Waals surface area contributed by atoms with Gasteiger partial charge in [-0.15, -0.1) is 0 Å². The first-order valence-corrected chi connectivity index (χ1v) is 10.5. The van der Waals surface area contributed by atoms with Crippen LogP contribution in [-0.4, -0.2) is 0 Å². The summed E-state index contributed by atoms with van der Waals surface area (Å²) in [4.78, 5) is 0. The third-order valence-electron chi connectivity index (χ3n) is 1.43. The molecule has 0 atom stereocenters. The predicted octanol–water partition coefficient (Wildman–Crippen LogP) is 5.66. The Bertz CT molecular complexity index is 406. The quantitative estimate of drug-likeness (QED) is 0.672. The topological polar surface area (TPSA) is 37.4 Å². The lowest BCUT2D eigenvalue weighted by Crippen LogP contribution is -2.05. The van der Waals surface area contributed by atoms with Crippen LogP contribution in [0.4, 0.5) is 5.69 Å². The number of hydrogen-bond acceptors (Lipinski definition) is 2. The minimum Gasteiger partial charge on any atom is -0.264 e. The predicted molar refractivity (Wildman–Crippen MR) is 67.5 cm³/mol. The van der Waals surface area contributed by atoms with Crippen LogP contribution in [0.25, 0.3) is 0 Å². The van der Waals surface area contributed by atoms with E-state index in [-0.39, 0.29) is 5.69 Å². The van der Waals surface area contributed by atoms with Gasteiger partial charge in [0.2, 0.25) is 0 Å². The van der Waals surface area contributed by atoms with Crippen molar-refractivity contribution in [3.63, 3.8) is 0 Å². The highest BCUT2D eigenvalue weighted by Crippen LogP contribution is 2.77. The van der Waals surface area contributed by atoms with Gasteiger partial charge in [0, 0.05) is 0 Å². The Kier molecular flexibility index (Phi) is 4.45. The monoisotopic (exact) mass is 325 g/mol. The Hall–Kier alpha value is 0.640. The number of benzene rings is 1. The van der Waals surface area contributed by atoms with Gasteiger partial charge in [0.1, 0.15) is 0 Å². The van der Waals surface area contributed by atoms with Gasteiger partial charge >= 0.3 is 12.0 Å². The molecule has 0 bridgehead atoms. The van der Waals surface area contributed by atoms with Crippen molar-refractivity contribution >= 4 is 62.6 Å².